The van der Waals surface area contributed by atoms with Crippen molar-refractivity contribution in [3.63, 3.8) is 0 Å². The van der Waals surface area contributed by atoms with E-state index in [2.05, 4.69) is 12.2 Å². The van der Waals surface area contributed by atoms with Gasteiger partial charge < -0.3 is 15.5 Å². The maximum absolute atomic E-state index is 11.0. The molecule has 0 fully saturated rings. The van der Waals surface area contributed by atoms with Gasteiger partial charge in [0.15, 0.2) is 6.29 Å². The van der Waals surface area contributed by atoms with E-state index in [0.717, 1.165) is 25.7 Å². The lowest BCUT2D eigenvalue weighted by Gasteiger charge is -2.05. The standard InChI is InChI=1S/C9H19NO3/c1-2-3-4-5-6-8(11)10-7-9(12)13/h9,12-13H,2-7H2,1H3,(H,10,11). The topological polar surface area (TPSA) is 69.6 Å². The van der Waals surface area contributed by atoms with Gasteiger partial charge in [0.1, 0.15) is 0 Å². The van der Waals surface area contributed by atoms with E-state index in [0.29, 0.717) is 6.42 Å². The van der Waals surface area contributed by atoms with Gasteiger partial charge in [-0.15, -0.1) is 0 Å². The fourth-order valence-electron chi connectivity index (χ4n) is 1.01. The average Bonchev–Trinajstić information content (AvgIpc) is 2.09. The first-order valence-electron chi connectivity index (χ1n) is 4.79. The van der Waals surface area contributed by atoms with Gasteiger partial charge >= 0.3 is 0 Å². The zero-order valence-electron chi connectivity index (χ0n) is 8.12. The summed E-state index contributed by atoms with van der Waals surface area (Å²) in [7, 11) is 0. The van der Waals surface area contributed by atoms with Crippen molar-refractivity contribution in [3.8, 4) is 0 Å². The molecule has 0 rings (SSSR count). The second kappa shape index (κ2) is 8.01. The molecule has 1 amide bonds. The maximum atomic E-state index is 11.0. The van der Waals surface area contributed by atoms with E-state index in [1.54, 1.807) is 0 Å². The highest BCUT2D eigenvalue weighted by atomic mass is 16.5. The van der Waals surface area contributed by atoms with E-state index in [9.17, 15) is 4.79 Å². The number of nitrogens with one attached hydrogen (secondary N) is 1. The largest absolute Gasteiger partial charge is 0.367 e. The number of hydrogen-bond acceptors (Lipinski definition) is 3. The molecule has 3 N–H and O–H groups in total. The summed E-state index contributed by atoms with van der Waals surface area (Å²) < 4.78 is 0. The van der Waals surface area contributed by atoms with Gasteiger partial charge in [-0.1, -0.05) is 26.2 Å². The fourth-order valence-corrected chi connectivity index (χ4v) is 1.01. The zero-order chi connectivity index (χ0) is 10.1. The summed E-state index contributed by atoms with van der Waals surface area (Å²) in [5.41, 5.74) is 0. The summed E-state index contributed by atoms with van der Waals surface area (Å²) in [4.78, 5) is 11.0. The van der Waals surface area contributed by atoms with Gasteiger partial charge in [0.2, 0.25) is 5.91 Å². The highest BCUT2D eigenvalue weighted by Gasteiger charge is 2.02. The monoisotopic (exact) mass is 189 g/mol. The van der Waals surface area contributed by atoms with Gasteiger partial charge in [-0.2, -0.15) is 0 Å². The summed E-state index contributed by atoms with van der Waals surface area (Å²) in [5.74, 6) is -0.107. The molecular formula is C9H19NO3. The molecule has 0 spiro atoms. The average molecular weight is 189 g/mol. The van der Waals surface area contributed by atoms with Gasteiger partial charge in [-0.05, 0) is 6.42 Å². The Balaban J connectivity index is 3.20. The van der Waals surface area contributed by atoms with Crippen molar-refractivity contribution in [1.29, 1.82) is 0 Å². The van der Waals surface area contributed by atoms with Crippen molar-refractivity contribution in [2.45, 2.75) is 45.3 Å². The molecule has 0 saturated heterocycles. The van der Waals surface area contributed by atoms with E-state index in [1.165, 1.54) is 0 Å². The van der Waals surface area contributed by atoms with Crippen LogP contribution in [0.25, 0.3) is 0 Å². The smallest absolute Gasteiger partial charge is 0.220 e. The molecule has 0 aliphatic rings. The quantitative estimate of drug-likeness (QED) is 0.400. The van der Waals surface area contributed by atoms with E-state index in [1.807, 2.05) is 0 Å². The van der Waals surface area contributed by atoms with Crippen molar-refractivity contribution in [2.24, 2.45) is 0 Å². The molecule has 0 aromatic rings. The lowest BCUT2D eigenvalue weighted by atomic mass is 10.1. The number of aliphatic hydroxyl groups excluding tert-OH is 1. The van der Waals surface area contributed by atoms with E-state index in [-0.39, 0.29) is 12.5 Å². The second-order valence-electron chi connectivity index (χ2n) is 3.10. The second-order valence-corrected chi connectivity index (χ2v) is 3.10. The van der Waals surface area contributed by atoms with Crippen molar-refractivity contribution in [1.82, 2.24) is 5.32 Å². The summed E-state index contributed by atoms with van der Waals surface area (Å²) in [6.45, 7) is 2.04. The fraction of sp³-hybridized carbons (Fsp3) is 0.889. The molecular weight excluding hydrogens is 170 g/mol. The number of carbonyl (C=O) groups excluding carboxylic acids is 1. The first kappa shape index (κ1) is 12.4. The molecule has 78 valence electrons. The predicted octanol–water partition coefficient (Wildman–Crippen LogP) is 0.384. The number of rotatable bonds is 7. The molecule has 0 saturated carbocycles. The molecule has 4 heteroatoms. The predicted molar refractivity (Wildman–Crippen MR) is 50.0 cm³/mol. The van der Waals surface area contributed by atoms with Crippen LogP contribution in [0.1, 0.15) is 39.0 Å². The van der Waals surface area contributed by atoms with Crippen molar-refractivity contribution < 1.29 is 15.0 Å². The Labute approximate surface area is 79.0 Å². The van der Waals surface area contributed by atoms with Crippen LogP contribution < -0.4 is 5.32 Å². The molecule has 0 aliphatic carbocycles. The van der Waals surface area contributed by atoms with Crippen LogP contribution >= 0.6 is 0 Å². The third kappa shape index (κ3) is 9.30. The normalized spacial score (nSPS) is 10.5. The third-order valence-electron chi connectivity index (χ3n) is 1.74. The minimum absolute atomic E-state index is 0.0768. The Morgan fingerprint density at radius 1 is 1.31 bits per heavy atom. The molecule has 4 nitrogen and oxygen atoms in total. The van der Waals surface area contributed by atoms with Gasteiger partial charge in [0, 0.05) is 6.42 Å². The lowest BCUT2D eigenvalue weighted by Crippen LogP contribution is -2.31. The summed E-state index contributed by atoms with van der Waals surface area (Å²) >= 11 is 0. The van der Waals surface area contributed by atoms with Crippen LogP contribution in [0.4, 0.5) is 0 Å². The highest BCUT2D eigenvalue weighted by molar-refractivity contribution is 5.75. The Morgan fingerprint density at radius 2 is 2.00 bits per heavy atom. The maximum Gasteiger partial charge on any atom is 0.220 e. The van der Waals surface area contributed by atoms with Crippen molar-refractivity contribution >= 4 is 5.91 Å². The van der Waals surface area contributed by atoms with E-state index < -0.39 is 6.29 Å². The Kier molecular flexibility index (Phi) is 7.63. The minimum Gasteiger partial charge on any atom is -0.367 e. The van der Waals surface area contributed by atoms with Crippen LogP contribution in [0, 0.1) is 0 Å². The Hall–Kier alpha value is -0.610. The number of hydrogen-bond donors (Lipinski definition) is 3. The molecule has 0 unspecified atom stereocenters. The van der Waals surface area contributed by atoms with Crippen molar-refractivity contribution in [3.05, 3.63) is 0 Å². The van der Waals surface area contributed by atoms with Crippen LogP contribution in [-0.2, 0) is 4.79 Å². The summed E-state index contributed by atoms with van der Waals surface area (Å²) in [5, 5.41) is 19.3. The first-order valence-corrected chi connectivity index (χ1v) is 4.79. The number of carbonyl (C=O) groups is 1. The zero-order valence-corrected chi connectivity index (χ0v) is 8.12. The molecule has 0 aliphatic heterocycles. The lowest BCUT2D eigenvalue weighted by molar-refractivity contribution is -0.123. The summed E-state index contributed by atoms with van der Waals surface area (Å²) in [6.07, 6.45) is 3.27. The van der Waals surface area contributed by atoms with Crippen LogP contribution in [0.15, 0.2) is 0 Å². The summed E-state index contributed by atoms with van der Waals surface area (Å²) in [6, 6.07) is 0. The molecule has 0 atom stereocenters. The first-order chi connectivity index (χ1) is 6.16. The molecule has 0 radical (unpaired) electrons. The molecule has 13 heavy (non-hydrogen) atoms. The molecule has 0 aromatic carbocycles. The Morgan fingerprint density at radius 3 is 2.54 bits per heavy atom. The van der Waals surface area contributed by atoms with E-state index in [4.69, 9.17) is 10.2 Å². The molecule has 0 bridgehead atoms. The van der Waals surface area contributed by atoms with Gasteiger partial charge in [0.25, 0.3) is 0 Å². The van der Waals surface area contributed by atoms with Crippen LogP contribution in [0.2, 0.25) is 0 Å². The third-order valence-corrected chi connectivity index (χ3v) is 1.74. The molecule has 0 aromatic heterocycles. The van der Waals surface area contributed by atoms with Crippen LogP contribution in [-0.4, -0.2) is 29.0 Å². The van der Waals surface area contributed by atoms with Crippen LogP contribution in [0.5, 0.6) is 0 Å². The van der Waals surface area contributed by atoms with Gasteiger partial charge in [-0.3, -0.25) is 4.79 Å². The number of unbranched alkanes of at least 4 members (excludes halogenated alkanes) is 3. The van der Waals surface area contributed by atoms with Crippen LogP contribution in [0.3, 0.4) is 0 Å². The Bertz CT molecular complexity index is 137. The highest BCUT2D eigenvalue weighted by Crippen LogP contribution is 2.01. The van der Waals surface area contributed by atoms with Gasteiger partial charge in [-0.25, -0.2) is 0 Å². The number of amides is 1. The number of aliphatic hydroxyl groups is 2. The van der Waals surface area contributed by atoms with Crippen molar-refractivity contribution in [2.75, 3.05) is 6.54 Å². The minimum atomic E-state index is -1.44. The van der Waals surface area contributed by atoms with Gasteiger partial charge in [0.05, 0.1) is 6.54 Å². The SMILES string of the molecule is CCCCCCC(=O)NCC(O)O. The van der Waals surface area contributed by atoms with E-state index >= 15 is 0 Å². The molecule has 0 heterocycles.